The predicted molar refractivity (Wildman–Crippen MR) is 80.0 cm³/mol. The summed E-state index contributed by atoms with van der Waals surface area (Å²) in [5.41, 5.74) is 1.18. The highest BCUT2D eigenvalue weighted by Gasteiger charge is 2.15. The molecule has 0 bridgehead atoms. The number of benzene rings is 2. The second kappa shape index (κ2) is 5.82. The number of rotatable bonds is 2. The topological polar surface area (TPSA) is 20.2 Å². The molecule has 0 saturated carbocycles. The summed E-state index contributed by atoms with van der Waals surface area (Å²) in [6.45, 7) is 0. The summed E-state index contributed by atoms with van der Waals surface area (Å²) in [6, 6.07) is 9.86. The van der Waals surface area contributed by atoms with Crippen molar-refractivity contribution in [3.05, 3.63) is 66.8 Å². The molecule has 5 heteroatoms. The third-order valence-corrected chi connectivity index (χ3v) is 4.13. The third kappa shape index (κ3) is 3.20. The molecule has 1 atom stereocenters. The maximum absolute atomic E-state index is 13.3. The van der Waals surface area contributed by atoms with Crippen LogP contribution in [0.1, 0.15) is 17.2 Å². The van der Waals surface area contributed by atoms with Crippen molar-refractivity contribution >= 4 is 47.8 Å². The standard InChI is InChI=1S/C13H8Br3FO/c14-8-1-2-12(16)11(6-8)13(18)7-3-9(15)5-10(17)4-7/h1-6,13,18H. The summed E-state index contributed by atoms with van der Waals surface area (Å²) >= 11 is 9.94. The molecule has 2 aromatic rings. The van der Waals surface area contributed by atoms with Gasteiger partial charge in [0.25, 0.3) is 0 Å². The summed E-state index contributed by atoms with van der Waals surface area (Å²) in [5.74, 6) is -0.385. The van der Waals surface area contributed by atoms with Crippen molar-refractivity contribution in [2.75, 3.05) is 0 Å². The lowest BCUT2D eigenvalue weighted by molar-refractivity contribution is 0.219. The third-order valence-electron chi connectivity index (χ3n) is 2.45. The molecule has 0 aliphatic rings. The summed E-state index contributed by atoms with van der Waals surface area (Å²) < 4.78 is 15.6. The molecule has 0 saturated heterocycles. The molecular weight excluding hydrogens is 431 g/mol. The van der Waals surface area contributed by atoms with Crippen LogP contribution in [0.3, 0.4) is 0 Å². The van der Waals surface area contributed by atoms with Crippen LogP contribution in [0, 0.1) is 5.82 Å². The Bertz CT molecular complexity index is 566. The van der Waals surface area contributed by atoms with E-state index in [-0.39, 0.29) is 5.82 Å². The normalized spacial score (nSPS) is 12.5. The van der Waals surface area contributed by atoms with E-state index in [0.717, 1.165) is 8.95 Å². The second-order valence-electron chi connectivity index (χ2n) is 3.77. The molecule has 0 radical (unpaired) electrons. The second-order valence-corrected chi connectivity index (χ2v) is 6.46. The van der Waals surface area contributed by atoms with E-state index in [1.807, 2.05) is 12.1 Å². The Hall–Kier alpha value is -0.230. The average Bonchev–Trinajstić information content (AvgIpc) is 2.30. The average molecular weight is 439 g/mol. The summed E-state index contributed by atoms with van der Waals surface area (Å²) in [7, 11) is 0. The molecule has 0 aliphatic heterocycles. The molecule has 0 heterocycles. The Morgan fingerprint density at radius 3 is 2.33 bits per heavy atom. The molecule has 1 N–H and O–H groups in total. The predicted octanol–water partition coefficient (Wildman–Crippen LogP) is 5.19. The molecule has 0 fully saturated rings. The molecule has 94 valence electrons. The van der Waals surface area contributed by atoms with E-state index >= 15 is 0 Å². The van der Waals surface area contributed by atoms with Crippen LogP contribution >= 0.6 is 47.8 Å². The van der Waals surface area contributed by atoms with Gasteiger partial charge in [-0.1, -0.05) is 47.8 Å². The molecule has 2 rings (SSSR count). The lowest BCUT2D eigenvalue weighted by Gasteiger charge is -2.14. The molecule has 0 aliphatic carbocycles. The first kappa shape index (κ1) is 14.2. The minimum atomic E-state index is -0.885. The minimum Gasteiger partial charge on any atom is -0.384 e. The first-order valence-electron chi connectivity index (χ1n) is 5.06. The lowest BCUT2D eigenvalue weighted by Crippen LogP contribution is -2.01. The Morgan fingerprint density at radius 2 is 1.67 bits per heavy atom. The first-order valence-corrected chi connectivity index (χ1v) is 7.44. The largest absolute Gasteiger partial charge is 0.384 e. The van der Waals surface area contributed by atoms with E-state index in [2.05, 4.69) is 47.8 Å². The molecule has 1 nitrogen and oxygen atoms in total. The van der Waals surface area contributed by atoms with Crippen LogP contribution in [0.4, 0.5) is 4.39 Å². The van der Waals surface area contributed by atoms with Gasteiger partial charge in [0, 0.05) is 19.0 Å². The quantitative estimate of drug-likeness (QED) is 0.683. The SMILES string of the molecule is OC(c1cc(F)cc(Br)c1)c1cc(Br)ccc1Br. The van der Waals surface area contributed by atoms with Crippen molar-refractivity contribution in [2.45, 2.75) is 6.10 Å². The van der Waals surface area contributed by atoms with Gasteiger partial charge in [-0.3, -0.25) is 0 Å². The molecular formula is C13H8Br3FO. The van der Waals surface area contributed by atoms with Crippen LogP contribution in [-0.4, -0.2) is 5.11 Å². The number of aliphatic hydroxyl groups excluding tert-OH is 1. The van der Waals surface area contributed by atoms with Crippen LogP contribution in [0.15, 0.2) is 49.8 Å². The maximum Gasteiger partial charge on any atom is 0.124 e. The van der Waals surface area contributed by atoms with Crippen LogP contribution in [0.25, 0.3) is 0 Å². The smallest absolute Gasteiger partial charge is 0.124 e. The highest BCUT2D eigenvalue weighted by Crippen LogP contribution is 2.32. The molecule has 2 aromatic carbocycles. The van der Waals surface area contributed by atoms with Crippen molar-refractivity contribution in [1.82, 2.24) is 0 Å². The van der Waals surface area contributed by atoms with Gasteiger partial charge < -0.3 is 5.11 Å². The molecule has 1 unspecified atom stereocenters. The van der Waals surface area contributed by atoms with Gasteiger partial charge in [0.15, 0.2) is 0 Å². The highest BCUT2D eigenvalue weighted by atomic mass is 79.9. The van der Waals surface area contributed by atoms with E-state index in [1.165, 1.54) is 12.1 Å². The van der Waals surface area contributed by atoms with Crippen molar-refractivity contribution in [2.24, 2.45) is 0 Å². The maximum atomic E-state index is 13.3. The molecule has 0 spiro atoms. The summed E-state index contributed by atoms with van der Waals surface area (Å²) in [5, 5.41) is 10.3. The van der Waals surface area contributed by atoms with Gasteiger partial charge in [-0.05, 0) is 42.0 Å². The Labute approximate surface area is 129 Å². The van der Waals surface area contributed by atoms with Gasteiger partial charge in [-0.2, -0.15) is 0 Å². The van der Waals surface area contributed by atoms with Gasteiger partial charge in [-0.25, -0.2) is 4.39 Å². The fourth-order valence-corrected chi connectivity index (χ4v) is 2.96. The van der Waals surface area contributed by atoms with Crippen LogP contribution in [-0.2, 0) is 0 Å². The number of hydrogen-bond donors (Lipinski definition) is 1. The molecule has 0 amide bonds. The van der Waals surface area contributed by atoms with Crippen molar-refractivity contribution < 1.29 is 9.50 Å². The van der Waals surface area contributed by atoms with Crippen molar-refractivity contribution in [3.8, 4) is 0 Å². The first-order chi connectivity index (χ1) is 8.47. The van der Waals surface area contributed by atoms with E-state index in [9.17, 15) is 9.50 Å². The lowest BCUT2D eigenvalue weighted by atomic mass is 10.0. The van der Waals surface area contributed by atoms with Gasteiger partial charge in [-0.15, -0.1) is 0 Å². The van der Waals surface area contributed by atoms with Crippen molar-refractivity contribution in [3.63, 3.8) is 0 Å². The fraction of sp³-hybridized carbons (Fsp3) is 0.0769. The zero-order valence-electron chi connectivity index (χ0n) is 9.00. The van der Waals surface area contributed by atoms with Crippen molar-refractivity contribution in [1.29, 1.82) is 0 Å². The monoisotopic (exact) mass is 436 g/mol. The van der Waals surface area contributed by atoms with Gasteiger partial charge in [0.05, 0.1) is 0 Å². The summed E-state index contributed by atoms with van der Waals surface area (Å²) in [4.78, 5) is 0. The molecule has 0 aromatic heterocycles. The van der Waals surface area contributed by atoms with Crippen LogP contribution in [0.2, 0.25) is 0 Å². The molecule has 18 heavy (non-hydrogen) atoms. The summed E-state index contributed by atoms with van der Waals surface area (Å²) in [6.07, 6.45) is -0.885. The fourth-order valence-electron chi connectivity index (χ4n) is 1.64. The Balaban J connectivity index is 2.47. The Morgan fingerprint density at radius 1 is 0.944 bits per heavy atom. The van der Waals surface area contributed by atoms with Crippen LogP contribution in [0.5, 0.6) is 0 Å². The zero-order valence-corrected chi connectivity index (χ0v) is 13.8. The number of halogens is 4. The van der Waals surface area contributed by atoms with Crippen LogP contribution < -0.4 is 0 Å². The highest BCUT2D eigenvalue weighted by molar-refractivity contribution is 9.11. The van der Waals surface area contributed by atoms with Gasteiger partial charge >= 0.3 is 0 Å². The van der Waals surface area contributed by atoms with E-state index < -0.39 is 6.10 Å². The van der Waals surface area contributed by atoms with Gasteiger partial charge in [0.2, 0.25) is 0 Å². The minimum absolute atomic E-state index is 0.385. The number of hydrogen-bond acceptors (Lipinski definition) is 1. The van der Waals surface area contributed by atoms with E-state index in [0.29, 0.717) is 15.6 Å². The zero-order chi connectivity index (χ0) is 13.3. The number of aliphatic hydroxyl groups is 1. The Kier molecular flexibility index (Phi) is 4.59. The van der Waals surface area contributed by atoms with Gasteiger partial charge in [0.1, 0.15) is 11.9 Å². The van der Waals surface area contributed by atoms with E-state index in [4.69, 9.17) is 0 Å². The van der Waals surface area contributed by atoms with E-state index in [1.54, 1.807) is 12.1 Å².